The summed E-state index contributed by atoms with van der Waals surface area (Å²) in [5.41, 5.74) is 1.19. The van der Waals surface area contributed by atoms with Gasteiger partial charge in [-0.15, -0.1) is 11.3 Å². The number of rotatable bonds is 1. The van der Waals surface area contributed by atoms with E-state index >= 15 is 0 Å². The van der Waals surface area contributed by atoms with Gasteiger partial charge in [0.15, 0.2) is 5.17 Å². The summed E-state index contributed by atoms with van der Waals surface area (Å²) in [5, 5.41) is 7.85. The number of hydrogen-bond acceptors (Lipinski definition) is 4. The van der Waals surface area contributed by atoms with Gasteiger partial charge in [0.1, 0.15) is 0 Å². The van der Waals surface area contributed by atoms with E-state index in [1.165, 1.54) is 10.1 Å². The lowest BCUT2D eigenvalue weighted by atomic mass is 10.1. The quantitative estimate of drug-likeness (QED) is 0.833. The maximum atomic E-state index is 4.65. The second-order valence-electron chi connectivity index (χ2n) is 4.82. The van der Waals surface area contributed by atoms with E-state index in [0.29, 0.717) is 0 Å². The number of fused-ring (bicyclic) bond motifs is 1. The van der Waals surface area contributed by atoms with Gasteiger partial charge in [0, 0.05) is 16.1 Å². The second-order valence-corrected chi connectivity index (χ2v) is 6.73. The van der Waals surface area contributed by atoms with Crippen molar-refractivity contribution in [2.75, 3.05) is 11.1 Å². The van der Waals surface area contributed by atoms with E-state index in [2.05, 4.69) is 53.8 Å². The smallest absolute Gasteiger partial charge is 0.161 e. The highest BCUT2D eigenvalue weighted by molar-refractivity contribution is 8.14. The molecule has 1 N–H and O–H groups in total. The molecule has 0 spiro atoms. The van der Waals surface area contributed by atoms with Crippen LogP contribution in [0.4, 0.5) is 5.69 Å². The number of nitrogens with one attached hydrogen (secondary N) is 1. The molecule has 0 atom stereocenters. The monoisotopic (exact) mass is 262 g/mol. The number of nitrogens with zero attached hydrogens (tertiary/aromatic N) is 1. The van der Waals surface area contributed by atoms with Crippen molar-refractivity contribution in [3.05, 3.63) is 29.6 Å². The van der Waals surface area contributed by atoms with Gasteiger partial charge in [-0.05, 0) is 48.9 Å². The summed E-state index contributed by atoms with van der Waals surface area (Å²) in [5.74, 6) is 1.05. The van der Waals surface area contributed by atoms with Crippen LogP contribution in [-0.4, -0.2) is 16.5 Å². The topological polar surface area (TPSA) is 24.4 Å². The van der Waals surface area contributed by atoms with Gasteiger partial charge in [0.25, 0.3) is 0 Å². The first-order valence-electron chi connectivity index (χ1n) is 5.59. The van der Waals surface area contributed by atoms with Crippen LogP contribution in [0.25, 0.3) is 10.1 Å². The molecule has 3 rings (SSSR count). The Morgan fingerprint density at radius 3 is 2.94 bits per heavy atom. The first-order valence-corrected chi connectivity index (χ1v) is 7.46. The highest BCUT2D eigenvalue weighted by Gasteiger charge is 2.25. The van der Waals surface area contributed by atoms with Gasteiger partial charge in [-0.2, -0.15) is 0 Å². The third kappa shape index (κ3) is 2.33. The minimum absolute atomic E-state index is 0.0689. The molecule has 4 heteroatoms. The highest BCUT2D eigenvalue weighted by atomic mass is 32.2. The largest absolute Gasteiger partial charge is 0.335 e. The molecule has 0 saturated heterocycles. The number of amidine groups is 1. The molecule has 0 aliphatic carbocycles. The van der Waals surface area contributed by atoms with E-state index in [0.717, 1.165) is 16.6 Å². The Bertz CT molecular complexity index is 584. The van der Waals surface area contributed by atoms with Gasteiger partial charge in [-0.25, -0.2) is 0 Å². The van der Waals surface area contributed by atoms with Crippen LogP contribution in [0.3, 0.4) is 0 Å². The van der Waals surface area contributed by atoms with Crippen molar-refractivity contribution in [2.24, 2.45) is 4.99 Å². The van der Waals surface area contributed by atoms with Crippen LogP contribution in [0.5, 0.6) is 0 Å². The Kier molecular flexibility index (Phi) is 2.64. The predicted molar refractivity (Wildman–Crippen MR) is 79.4 cm³/mol. The zero-order valence-electron chi connectivity index (χ0n) is 9.86. The zero-order valence-corrected chi connectivity index (χ0v) is 11.5. The fourth-order valence-corrected chi connectivity index (χ4v) is 3.64. The van der Waals surface area contributed by atoms with Crippen molar-refractivity contribution in [3.63, 3.8) is 0 Å². The van der Waals surface area contributed by atoms with Crippen LogP contribution in [0.15, 0.2) is 34.6 Å². The Hall–Kier alpha value is -1.00. The Morgan fingerprint density at radius 2 is 2.18 bits per heavy atom. The minimum atomic E-state index is 0.0689. The number of thioether (sulfide) groups is 1. The zero-order chi connectivity index (χ0) is 11.9. The molecule has 0 saturated carbocycles. The first kappa shape index (κ1) is 11.1. The fourth-order valence-electron chi connectivity index (χ4n) is 1.82. The van der Waals surface area contributed by atoms with E-state index in [9.17, 15) is 0 Å². The number of thiophene rings is 1. The summed E-state index contributed by atoms with van der Waals surface area (Å²) < 4.78 is 1.33. The van der Waals surface area contributed by atoms with E-state index in [1.54, 1.807) is 23.1 Å². The van der Waals surface area contributed by atoms with Crippen LogP contribution in [0, 0.1) is 0 Å². The highest BCUT2D eigenvalue weighted by Crippen LogP contribution is 2.29. The van der Waals surface area contributed by atoms with Gasteiger partial charge in [-0.1, -0.05) is 11.8 Å². The Labute approximate surface area is 109 Å². The van der Waals surface area contributed by atoms with Crippen molar-refractivity contribution in [3.8, 4) is 0 Å². The lowest BCUT2D eigenvalue weighted by Crippen LogP contribution is -2.15. The van der Waals surface area contributed by atoms with Crippen LogP contribution >= 0.6 is 23.1 Å². The van der Waals surface area contributed by atoms with Crippen molar-refractivity contribution in [2.45, 2.75) is 19.4 Å². The molecule has 88 valence electrons. The number of anilines is 1. The molecule has 0 radical (unpaired) electrons. The van der Waals surface area contributed by atoms with E-state index in [4.69, 9.17) is 0 Å². The number of benzene rings is 1. The molecular formula is C13H14N2S2. The molecule has 2 nitrogen and oxygen atoms in total. The van der Waals surface area contributed by atoms with Crippen LogP contribution in [0.1, 0.15) is 13.8 Å². The van der Waals surface area contributed by atoms with Crippen LogP contribution in [0.2, 0.25) is 0 Å². The van der Waals surface area contributed by atoms with Gasteiger partial charge in [0.05, 0.1) is 5.54 Å². The SMILES string of the molecule is CC1(C)CSC(Nc2ccc3sccc3c2)=N1. The summed E-state index contributed by atoms with van der Waals surface area (Å²) in [6, 6.07) is 8.61. The molecular weight excluding hydrogens is 248 g/mol. The van der Waals surface area contributed by atoms with Gasteiger partial charge in [0.2, 0.25) is 0 Å². The third-order valence-corrected chi connectivity index (χ3v) is 4.89. The molecule has 0 unspecified atom stereocenters. The van der Waals surface area contributed by atoms with Gasteiger partial charge in [-0.3, -0.25) is 4.99 Å². The molecule has 0 bridgehead atoms. The number of hydrogen-bond donors (Lipinski definition) is 1. The van der Waals surface area contributed by atoms with Crippen molar-refractivity contribution < 1.29 is 0 Å². The summed E-state index contributed by atoms with van der Waals surface area (Å²) in [4.78, 5) is 4.65. The lowest BCUT2D eigenvalue weighted by molar-refractivity contribution is 0.605. The molecule has 17 heavy (non-hydrogen) atoms. The summed E-state index contributed by atoms with van der Waals surface area (Å²) in [6.45, 7) is 4.33. The maximum absolute atomic E-state index is 4.65. The normalized spacial score (nSPS) is 18.4. The molecule has 1 aromatic carbocycles. The average Bonchev–Trinajstić information content (AvgIpc) is 2.84. The third-order valence-electron chi connectivity index (χ3n) is 2.67. The maximum Gasteiger partial charge on any atom is 0.161 e. The first-order chi connectivity index (χ1) is 8.12. The molecule has 1 aliphatic rings. The molecule has 0 amide bonds. The number of aliphatic imine (C=N–C) groups is 1. The predicted octanol–water partition coefficient (Wildman–Crippen LogP) is 4.19. The summed E-state index contributed by atoms with van der Waals surface area (Å²) in [7, 11) is 0. The second kappa shape index (κ2) is 4.03. The average molecular weight is 262 g/mol. The van der Waals surface area contributed by atoms with Gasteiger partial charge < -0.3 is 5.32 Å². The Balaban J connectivity index is 1.85. The standard InChI is InChI=1S/C13H14N2S2/c1-13(2)8-17-12(15-13)14-10-3-4-11-9(7-10)5-6-16-11/h3-7H,8H2,1-2H3,(H,14,15). The Morgan fingerprint density at radius 1 is 1.29 bits per heavy atom. The molecule has 1 aromatic heterocycles. The minimum Gasteiger partial charge on any atom is -0.335 e. The van der Waals surface area contributed by atoms with Crippen molar-refractivity contribution in [1.29, 1.82) is 0 Å². The molecule has 0 fully saturated rings. The lowest BCUT2D eigenvalue weighted by Gasteiger charge is -2.09. The van der Waals surface area contributed by atoms with Crippen LogP contribution in [-0.2, 0) is 0 Å². The van der Waals surface area contributed by atoms with Crippen LogP contribution < -0.4 is 5.32 Å². The van der Waals surface area contributed by atoms with E-state index < -0.39 is 0 Å². The van der Waals surface area contributed by atoms with E-state index in [-0.39, 0.29) is 5.54 Å². The van der Waals surface area contributed by atoms with Crippen molar-refractivity contribution in [1.82, 2.24) is 0 Å². The molecule has 2 aromatic rings. The van der Waals surface area contributed by atoms with E-state index in [1.807, 2.05) is 0 Å². The molecule has 2 heterocycles. The van der Waals surface area contributed by atoms with Crippen molar-refractivity contribution >= 4 is 44.0 Å². The summed E-state index contributed by atoms with van der Waals surface area (Å²) in [6.07, 6.45) is 0. The fraction of sp³-hybridized carbons (Fsp3) is 0.308. The van der Waals surface area contributed by atoms with Gasteiger partial charge >= 0.3 is 0 Å². The summed E-state index contributed by atoms with van der Waals surface area (Å²) >= 11 is 3.57. The molecule has 1 aliphatic heterocycles.